The van der Waals surface area contributed by atoms with Gasteiger partial charge in [-0.05, 0) is 31.2 Å². The third-order valence-electron chi connectivity index (χ3n) is 3.78. The summed E-state index contributed by atoms with van der Waals surface area (Å²) in [7, 11) is 1.86. The minimum Gasteiger partial charge on any atom is -0.387 e. The number of hydrogen-bond acceptors (Lipinski definition) is 3. The van der Waals surface area contributed by atoms with E-state index in [0.29, 0.717) is 0 Å². The summed E-state index contributed by atoms with van der Waals surface area (Å²) in [5, 5.41) is 3.12. The zero-order chi connectivity index (χ0) is 13.8. The van der Waals surface area contributed by atoms with Crippen LogP contribution in [0.3, 0.4) is 0 Å². The first-order chi connectivity index (χ1) is 9.15. The zero-order valence-corrected chi connectivity index (χ0v) is 12.1. The Bertz CT molecular complexity index is 451. The van der Waals surface area contributed by atoms with E-state index in [1.807, 2.05) is 37.1 Å². The van der Waals surface area contributed by atoms with Crippen LogP contribution < -0.4 is 5.32 Å². The Morgan fingerprint density at radius 3 is 2.53 bits per heavy atom. The van der Waals surface area contributed by atoms with Gasteiger partial charge in [-0.15, -0.1) is 0 Å². The molecule has 0 aliphatic carbocycles. The van der Waals surface area contributed by atoms with Crippen LogP contribution in [0.25, 0.3) is 0 Å². The second kappa shape index (κ2) is 6.06. The van der Waals surface area contributed by atoms with Crippen LogP contribution in [0.1, 0.15) is 22.8 Å². The van der Waals surface area contributed by atoms with Gasteiger partial charge < -0.3 is 15.1 Å². The second-order valence-electron chi connectivity index (χ2n) is 5.03. The summed E-state index contributed by atoms with van der Waals surface area (Å²) in [6, 6.07) is 5.95. The van der Waals surface area contributed by atoms with Crippen molar-refractivity contribution in [2.45, 2.75) is 13.8 Å². The Balaban J connectivity index is 2.12. The lowest BCUT2D eigenvalue weighted by Gasteiger charge is -2.34. The molecule has 19 heavy (non-hydrogen) atoms. The van der Waals surface area contributed by atoms with Gasteiger partial charge in [0.1, 0.15) is 0 Å². The van der Waals surface area contributed by atoms with E-state index >= 15 is 0 Å². The number of aryl methyl sites for hydroxylation is 1. The van der Waals surface area contributed by atoms with Gasteiger partial charge in [-0.3, -0.25) is 4.79 Å². The molecule has 1 N–H and O–H groups in total. The van der Waals surface area contributed by atoms with Crippen molar-refractivity contribution in [1.82, 2.24) is 9.80 Å². The third kappa shape index (κ3) is 3.07. The van der Waals surface area contributed by atoms with E-state index in [9.17, 15) is 4.79 Å². The Hall–Kier alpha value is -1.55. The predicted molar refractivity (Wildman–Crippen MR) is 78.7 cm³/mol. The van der Waals surface area contributed by atoms with Crippen molar-refractivity contribution in [3.05, 3.63) is 29.3 Å². The number of hydrogen-bond donors (Lipinski definition) is 1. The Morgan fingerprint density at radius 1 is 1.26 bits per heavy atom. The van der Waals surface area contributed by atoms with Crippen LogP contribution in [0.4, 0.5) is 5.69 Å². The zero-order valence-electron chi connectivity index (χ0n) is 12.1. The maximum Gasteiger partial charge on any atom is 0.256 e. The van der Waals surface area contributed by atoms with E-state index in [4.69, 9.17) is 0 Å². The predicted octanol–water partition coefficient (Wildman–Crippen LogP) is 1.81. The summed E-state index contributed by atoms with van der Waals surface area (Å²) >= 11 is 0. The van der Waals surface area contributed by atoms with Crippen LogP contribution in [0, 0.1) is 6.92 Å². The van der Waals surface area contributed by atoms with Crippen LogP contribution in [0.5, 0.6) is 0 Å². The Morgan fingerprint density at radius 2 is 1.95 bits per heavy atom. The summed E-state index contributed by atoms with van der Waals surface area (Å²) < 4.78 is 0. The first kappa shape index (κ1) is 13.9. The largest absolute Gasteiger partial charge is 0.387 e. The molecule has 0 atom stereocenters. The normalized spacial score (nSPS) is 16.5. The fraction of sp³-hybridized carbons (Fsp3) is 0.533. The molecule has 0 aromatic heterocycles. The van der Waals surface area contributed by atoms with Crippen molar-refractivity contribution in [2.24, 2.45) is 0 Å². The molecule has 0 radical (unpaired) electrons. The molecule has 0 saturated carbocycles. The van der Waals surface area contributed by atoms with E-state index < -0.39 is 0 Å². The number of nitrogens with zero attached hydrogens (tertiary/aromatic N) is 2. The van der Waals surface area contributed by atoms with Gasteiger partial charge in [0.15, 0.2) is 0 Å². The molecule has 4 heteroatoms. The van der Waals surface area contributed by atoms with Gasteiger partial charge in [0.2, 0.25) is 0 Å². The molecule has 1 aliphatic heterocycles. The van der Waals surface area contributed by atoms with Crippen LogP contribution >= 0.6 is 0 Å². The highest BCUT2D eigenvalue weighted by Gasteiger charge is 2.22. The lowest BCUT2D eigenvalue weighted by molar-refractivity contribution is 0.0644. The number of benzene rings is 1. The summed E-state index contributed by atoms with van der Waals surface area (Å²) in [6.45, 7) is 8.86. The summed E-state index contributed by atoms with van der Waals surface area (Å²) in [5.74, 6) is 0.139. The molecule has 0 unspecified atom stereocenters. The van der Waals surface area contributed by atoms with Crippen molar-refractivity contribution in [2.75, 3.05) is 45.1 Å². The minimum absolute atomic E-state index is 0.139. The SMILES string of the molecule is CCN1CCN(C(=O)c2ccc(C)cc2NC)CC1. The average molecular weight is 261 g/mol. The number of piperazine rings is 1. The number of anilines is 1. The molecular formula is C15H23N3O. The standard InChI is InChI=1S/C15H23N3O/c1-4-17-7-9-18(10-8-17)15(19)13-6-5-12(2)11-14(13)16-3/h5-6,11,16H,4,7-10H2,1-3H3. The molecule has 1 aromatic carbocycles. The number of nitrogens with one attached hydrogen (secondary N) is 1. The van der Waals surface area contributed by atoms with E-state index in [0.717, 1.165) is 49.5 Å². The molecule has 1 saturated heterocycles. The molecule has 0 bridgehead atoms. The quantitative estimate of drug-likeness (QED) is 0.901. The van der Waals surface area contributed by atoms with E-state index in [-0.39, 0.29) is 5.91 Å². The maximum atomic E-state index is 12.6. The topological polar surface area (TPSA) is 35.6 Å². The van der Waals surface area contributed by atoms with Gasteiger partial charge in [0.25, 0.3) is 5.91 Å². The monoisotopic (exact) mass is 261 g/mol. The molecule has 1 fully saturated rings. The minimum atomic E-state index is 0.139. The van der Waals surface area contributed by atoms with Crippen LogP contribution in [-0.2, 0) is 0 Å². The van der Waals surface area contributed by atoms with Gasteiger partial charge in [0, 0.05) is 38.9 Å². The lowest BCUT2D eigenvalue weighted by Crippen LogP contribution is -2.48. The maximum absolute atomic E-state index is 12.6. The highest BCUT2D eigenvalue weighted by molar-refractivity contribution is 5.99. The van der Waals surface area contributed by atoms with Crippen molar-refractivity contribution in [1.29, 1.82) is 0 Å². The average Bonchev–Trinajstić information content (AvgIpc) is 2.46. The van der Waals surface area contributed by atoms with E-state index in [1.54, 1.807) is 0 Å². The summed E-state index contributed by atoms with van der Waals surface area (Å²) in [5.41, 5.74) is 2.86. The highest BCUT2D eigenvalue weighted by atomic mass is 16.2. The summed E-state index contributed by atoms with van der Waals surface area (Å²) in [4.78, 5) is 16.9. The number of carbonyl (C=O) groups is 1. The summed E-state index contributed by atoms with van der Waals surface area (Å²) in [6.07, 6.45) is 0. The molecule has 1 amide bonds. The number of rotatable bonds is 3. The molecule has 104 valence electrons. The van der Waals surface area contributed by atoms with Gasteiger partial charge >= 0.3 is 0 Å². The van der Waals surface area contributed by atoms with Gasteiger partial charge in [0.05, 0.1) is 5.56 Å². The highest BCUT2D eigenvalue weighted by Crippen LogP contribution is 2.19. The van der Waals surface area contributed by atoms with Crippen molar-refractivity contribution >= 4 is 11.6 Å². The lowest BCUT2D eigenvalue weighted by atomic mass is 10.1. The van der Waals surface area contributed by atoms with Crippen LogP contribution in [-0.4, -0.2) is 55.5 Å². The number of likely N-dealkylation sites (N-methyl/N-ethyl adjacent to an activating group) is 1. The number of amides is 1. The van der Waals surface area contributed by atoms with Crippen molar-refractivity contribution < 1.29 is 4.79 Å². The first-order valence-electron chi connectivity index (χ1n) is 6.95. The van der Waals surface area contributed by atoms with E-state index in [1.165, 1.54) is 0 Å². The van der Waals surface area contributed by atoms with Crippen molar-refractivity contribution in [3.8, 4) is 0 Å². The molecule has 0 spiro atoms. The van der Waals surface area contributed by atoms with Crippen LogP contribution in [0.15, 0.2) is 18.2 Å². The molecule has 2 rings (SSSR count). The fourth-order valence-corrected chi connectivity index (χ4v) is 2.49. The fourth-order valence-electron chi connectivity index (χ4n) is 2.49. The molecule has 1 heterocycles. The molecule has 4 nitrogen and oxygen atoms in total. The second-order valence-corrected chi connectivity index (χ2v) is 5.03. The van der Waals surface area contributed by atoms with E-state index in [2.05, 4.69) is 17.1 Å². The number of carbonyl (C=O) groups excluding carboxylic acids is 1. The van der Waals surface area contributed by atoms with Gasteiger partial charge in [-0.1, -0.05) is 13.0 Å². The van der Waals surface area contributed by atoms with Crippen molar-refractivity contribution in [3.63, 3.8) is 0 Å². The Kier molecular flexibility index (Phi) is 4.43. The third-order valence-corrected chi connectivity index (χ3v) is 3.78. The van der Waals surface area contributed by atoms with Gasteiger partial charge in [-0.25, -0.2) is 0 Å². The smallest absolute Gasteiger partial charge is 0.256 e. The Labute approximate surface area is 115 Å². The molecule has 1 aromatic rings. The first-order valence-corrected chi connectivity index (χ1v) is 6.95. The molecule has 1 aliphatic rings. The van der Waals surface area contributed by atoms with Gasteiger partial charge in [-0.2, -0.15) is 0 Å². The van der Waals surface area contributed by atoms with Crippen LogP contribution in [0.2, 0.25) is 0 Å². The molecular weight excluding hydrogens is 238 g/mol.